The maximum atomic E-state index is 11.9. The highest BCUT2D eigenvalue weighted by atomic mass is 35.5. The molecule has 7 heteroatoms. The quantitative estimate of drug-likeness (QED) is 0.921. The Morgan fingerprint density at radius 2 is 2.18 bits per heavy atom. The molecule has 1 heterocycles. The molecule has 4 nitrogen and oxygen atoms in total. The average Bonchev–Trinajstić information content (AvgIpc) is 2.67. The monoisotopic (exact) mass is 287 g/mol. The third-order valence-corrected chi connectivity index (χ3v) is 3.21. The molecule has 2 rings (SSSR count). The van der Waals surface area contributed by atoms with Crippen LogP contribution in [0.3, 0.4) is 0 Å². The molecule has 0 atom stereocenters. The van der Waals surface area contributed by atoms with Crippen LogP contribution in [0.25, 0.3) is 0 Å². The molecule has 0 unspecified atom stereocenters. The summed E-state index contributed by atoms with van der Waals surface area (Å²) in [7, 11) is 0. The lowest BCUT2D eigenvalue weighted by Crippen LogP contribution is -2.12. The van der Waals surface area contributed by atoms with Crippen molar-refractivity contribution in [2.24, 2.45) is 0 Å². The Labute approximate surface area is 112 Å². The number of amides is 1. The van der Waals surface area contributed by atoms with Gasteiger partial charge >= 0.3 is 0 Å². The molecule has 0 spiro atoms. The number of nitrogens with zero attached hydrogens (tertiary/aromatic N) is 2. The molecule has 0 radical (unpaired) electrons. The number of rotatable bonds is 2. The van der Waals surface area contributed by atoms with Crippen molar-refractivity contribution in [3.05, 3.63) is 39.6 Å². The van der Waals surface area contributed by atoms with Crippen LogP contribution in [0, 0.1) is 6.92 Å². The lowest BCUT2D eigenvalue weighted by Gasteiger charge is -2.03. The number of aromatic nitrogens is 2. The lowest BCUT2D eigenvalue weighted by atomic mass is 10.2. The van der Waals surface area contributed by atoms with E-state index in [-0.39, 0.29) is 5.91 Å². The van der Waals surface area contributed by atoms with Crippen LogP contribution < -0.4 is 5.32 Å². The Hall–Kier alpha value is -1.17. The highest BCUT2D eigenvalue weighted by Crippen LogP contribution is 2.22. The van der Waals surface area contributed by atoms with E-state index in [1.165, 1.54) is 6.07 Å². The first-order valence-electron chi connectivity index (χ1n) is 4.63. The van der Waals surface area contributed by atoms with E-state index < -0.39 is 0 Å². The number of aryl methyl sites for hydroxylation is 1. The minimum atomic E-state index is -0.353. The minimum Gasteiger partial charge on any atom is -0.297 e. The van der Waals surface area contributed by atoms with Crippen LogP contribution in [0.15, 0.2) is 18.2 Å². The fourth-order valence-electron chi connectivity index (χ4n) is 1.18. The number of carbonyl (C=O) groups is 1. The van der Waals surface area contributed by atoms with E-state index in [0.717, 1.165) is 11.5 Å². The van der Waals surface area contributed by atoms with Crippen molar-refractivity contribution in [2.45, 2.75) is 6.92 Å². The van der Waals surface area contributed by atoms with E-state index in [1.54, 1.807) is 19.1 Å². The molecule has 88 valence electrons. The number of carbonyl (C=O) groups excluding carboxylic acids is 1. The summed E-state index contributed by atoms with van der Waals surface area (Å²) < 4.78 is 3.96. The maximum absolute atomic E-state index is 11.9. The van der Waals surface area contributed by atoms with Crippen molar-refractivity contribution in [3.63, 3.8) is 0 Å². The highest BCUT2D eigenvalue weighted by Gasteiger charge is 2.13. The minimum absolute atomic E-state index is 0.312. The Balaban J connectivity index is 2.22. The second kappa shape index (κ2) is 5.00. The Kier molecular flexibility index (Phi) is 3.61. The fourth-order valence-corrected chi connectivity index (χ4v) is 2.13. The van der Waals surface area contributed by atoms with Gasteiger partial charge in [0.1, 0.15) is 5.82 Å². The molecule has 1 aromatic heterocycles. The molecular weight excluding hydrogens is 281 g/mol. The van der Waals surface area contributed by atoms with Crippen LogP contribution in [-0.4, -0.2) is 15.3 Å². The molecule has 1 aromatic carbocycles. The average molecular weight is 288 g/mol. The Morgan fingerprint density at radius 3 is 2.82 bits per heavy atom. The van der Waals surface area contributed by atoms with Crippen molar-refractivity contribution in [1.82, 2.24) is 9.36 Å². The predicted octanol–water partition coefficient (Wildman–Crippen LogP) is 3.41. The number of benzene rings is 1. The molecule has 0 bridgehead atoms. The van der Waals surface area contributed by atoms with Gasteiger partial charge in [0.05, 0.1) is 10.6 Å². The maximum Gasteiger partial charge on any atom is 0.259 e. The molecule has 0 saturated heterocycles. The second-order valence-corrected chi connectivity index (χ2v) is 4.82. The molecule has 0 aliphatic heterocycles. The van der Waals surface area contributed by atoms with Gasteiger partial charge in [-0.1, -0.05) is 23.2 Å². The van der Waals surface area contributed by atoms with E-state index in [1.807, 2.05) is 0 Å². The summed E-state index contributed by atoms with van der Waals surface area (Å²) in [5.41, 5.74) is 0.312. The van der Waals surface area contributed by atoms with E-state index >= 15 is 0 Å². The van der Waals surface area contributed by atoms with Crippen LogP contribution in [0.1, 0.15) is 16.2 Å². The summed E-state index contributed by atoms with van der Waals surface area (Å²) >= 11 is 12.8. The zero-order chi connectivity index (χ0) is 12.4. The summed E-state index contributed by atoms with van der Waals surface area (Å²) in [5.74, 6) is 0.260. The van der Waals surface area contributed by atoms with Gasteiger partial charge in [-0.15, -0.1) is 0 Å². The smallest absolute Gasteiger partial charge is 0.259 e. The van der Waals surface area contributed by atoms with Gasteiger partial charge in [0.25, 0.3) is 5.91 Å². The van der Waals surface area contributed by atoms with Gasteiger partial charge in [-0.25, -0.2) is 4.98 Å². The third kappa shape index (κ3) is 2.94. The topological polar surface area (TPSA) is 54.9 Å². The fraction of sp³-hybridized carbons (Fsp3) is 0.100. The Morgan fingerprint density at radius 1 is 1.41 bits per heavy atom. The molecule has 0 aliphatic rings. The van der Waals surface area contributed by atoms with E-state index in [9.17, 15) is 4.79 Å². The van der Waals surface area contributed by atoms with Gasteiger partial charge in [0.15, 0.2) is 0 Å². The summed E-state index contributed by atoms with van der Waals surface area (Å²) in [4.78, 5) is 15.9. The van der Waals surface area contributed by atoms with E-state index in [2.05, 4.69) is 14.7 Å². The van der Waals surface area contributed by atoms with Gasteiger partial charge < -0.3 is 0 Å². The Bertz CT molecular complexity index is 570. The SMILES string of the molecule is Cc1nsc(NC(=O)c2cc(Cl)ccc2Cl)n1. The first kappa shape index (κ1) is 12.3. The first-order valence-corrected chi connectivity index (χ1v) is 6.16. The molecule has 1 amide bonds. The first-order chi connectivity index (χ1) is 8.06. The van der Waals surface area contributed by atoms with E-state index in [0.29, 0.717) is 26.6 Å². The molecule has 0 fully saturated rings. The normalized spacial score (nSPS) is 10.3. The number of hydrogen-bond donors (Lipinski definition) is 1. The van der Waals surface area contributed by atoms with Gasteiger partial charge in [-0.05, 0) is 25.1 Å². The standard InChI is InChI=1S/C10H7Cl2N3OS/c1-5-13-10(17-15-5)14-9(16)7-4-6(11)2-3-8(7)12/h2-4H,1H3,(H,13,14,15,16). The van der Waals surface area contributed by atoms with Crippen LogP contribution in [0.4, 0.5) is 5.13 Å². The molecular formula is C10H7Cl2N3OS. The van der Waals surface area contributed by atoms with Gasteiger partial charge in [0, 0.05) is 16.6 Å². The summed E-state index contributed by atoms with van der Waals surface area (Å²) in [6.07, 6.45) is 0. The predicted molar refractivity (Wildman–Crippen MR) is 69.1 cm³/mol. The van der Waals surface area contributed by atoms with Crippen molar-refractivity contribution in [3.8, 4) is 0 Å². The largest absolute Gasteiger partial charge is 0.297 e. The summed E-state index contributed by atoms with van der Waals surface area (Å²) in [5, 5.41) is 3.84. The molecule has 0 saturated carbocycles. The molecule has 0 aliphatic carbocycles. The van der Waals surface area contributed by atoms with Crippen molar-refractivity contribution in [2.75, 3.05) is 5.32 Å². The van der Waals surface area contributed by atoms with Crippen LogP contribution in [0.5, 0.6) is 0 Å². The van der Waals surface area contributed by atoms with Crippen LogP contribution in [-0.2, 0) is 0 Å². The van der Waals surface area contributed by atoms with Crippen molar-refractivity contribution in [1.29, 1.82) is 0 Å². The van der Waals surface area contributed by atoms with Crippen molar-refractivity contribution >= 4 is 45.8 Å². The second-order valence-electron chi connectivity index (χ2n) is 3.23. The molecule has 1 N–H and O–H groups in total. The summed E-state index contributed by atoms with van der Waals surface area (Å²) in [6, 6.07) is 4.70. The van der Waals surface area contributed by atoms with Gasteiger partial charge in [-0.3, -0.25) is 10.1 Å². The molecule has 2 aromatic rings. The van der Waals surface area contributed by atoms with Gasteiger partial charge in [0.2, 0.25) is 5.13 Å². The third-order valence-electron chi connectivity index (χ3n) is 1.92. The number of hydrogen-bond acceptors (Lipinski definition) is 4. The lowest BCUT2D eigenvalue weighted by molar-refractivity contribution is 0.102. The van der Waals surface area contributed by atoms with E-state index in [4.69, 9.17) is 23.2 Å². The highest BCUT2D eigenvalue weighted by molar-refractivity contribution is 7.09. The zero-order valence-corrected chi connectivity index (χ0v) is 11.0. The van der Waals surface area contributed by atoms with Gasteiger partial charge in [-0.2, -0.15) is 4.37 Å². The zero-order valence-electron chi connectivity index (χ0n) is 8.70. The van der Waals surface area contributed by atoms with Crippen molar-refractivity contribution < 1.29 is 4.79 Å². The number of halogens is 2. The summed E-state index contributed by atoms with van der Waals surface area (Å²) in [6.45, 7) is 1.75. The van der Waals surface area contributed by atoms with Crippen LogP contribution >= 0.6 is 34.7 Å². The van der Waals surface area contributed by atoms with Crippen LogP contribution in [0.2, 0.25) is 10.0 Å². The number of nitrogens with one attached hydrogen (secondary N) is 1. The number of anilines is 1. The molecule has 17 heavy (non-hydrogen) atoms.